The second-order valence-electron chi connectivity index (χ2n) is 6.16. The zero-order valence-electron chi connectivity index (χ0n) is 13.9. The number of carboxylic acid groups (broad SMARTS) is 1. The van der Waals surface area contributed by atoms with Crippen LogP contribution in [0.2, 0.25) is 0 Å². The van der Waals surface area contributed by atoms with Crippen molar-refractivity contribution in [2.75, 3.05) is 20.2 Å². The van der Waals surface area contributed by atoms with Gasteiger partial charge in [-0.2, -0.15) is 0 Å². The minimum absolute atomic E-state index is 0.0656. The molecule has 1 amide bonds. The number of carbonyl (C=O) groups excluding carboxylic acids is 1. The van der Waals surface area contributed by atoms with Crippen molar-refractivity contribution in [3.63, 3.8) is 0 Å². The highest BCUT2D eigenvalue weighted by atomic mass is 16.5. The molecular weight excluding hydrogens is 298 g/mol. The number of rotatable bonds is 5. The molecule has 0 aromatic heterocycles. The van der Waals surface area contributed by atoms with E-state index >= 15 is 0 Å². The van der Waals surface area contributed by atoms with Crippen LogP contribution in [0.3, 0.4) is 0 Å². The molecule has 1 fully saturated rings. The number of benzene rings is 1. The fourth-order valence-electron chi connectivity index (χ4n) is 2.78. The Labute approximate surface area is 136 Å². The first-order valence-electron chi connectivity index (χ1n) is 7.70. The van der Waals surface area contributed by atoms with Gasteiger partial charge in [0.2, 0.25) is 0 Å². The predicted molar refractivity (Wildman–Crippen MR) is 85.0 cm³/mol. The highest BCUT2D eigenvalue weighted by molar-refractivity contribution is 5.97. The summed E-state index contributed by atoms with van der Waals surface area (Å²) in [7, 11) is 1.55. The van der Waals surface area contributed by atoms with Crippen LogP contribution < -0.4 is 9.47 Å². The van der Waals surface area contributed by atoms with Gasteiger partial charge in [-0.15, -0.1) is 0 Å². The van der Waals surface area contributed by atoms with Crippen molar-refractivity contribution >= 4 is 11.9 Å². The van der Waals surface area contributed by atoms with Crippen molar-refractivity contribution < 1.29 is 24.2 Å². The third-order valence-corrected chi connectivity index (χ3v) is 4.00. The summed E-state index contributed by atoms with van der Waals surface area (Å²) < 4.78 is 10.9. The maximum atomic E-state index is 12.8. The lowest BCUT2D eigenvalue weighted by atomic mass is 9.99. The van der Waals surface area contributed by atoms with E-state index in [0.717, 1.165) is 0 Å². The number of aliphatic carboxylic acids is 1. The van der Waals surface area contributed by atoms with Gasteiger partial charge in [0.05, 0.1) is 24.7 Å². The third-order valence-electron chi connectivity index (χ3n) is 4.00. The molecule has 0 unspecified atom stereocenters. The number of hydrogen-bond acceptors (Lipinski definition) is 4. The summed E-state index contributed by atoms with van der Waals surface area (Å²) in [5.74, 6) is -0.595. The van der Waals surface area contributed by atoms with Gasteiger partial charge in [0, 0.05) is 19.2 Å². The molecule has 1 aliphatic heterocycles. The van der Waals surface area contributed by atoms with E-state index in [2.05, 4.69) is 0 Å². The Bertz CT molecular complexity index is 599. The van der Waals surface area contributed by atoms with Crippen molar-refractivity contribution in [2.45, 2.75) is 26.9 Å². The molecule has 0 spiro atoms. The van der Waals surface area contributed by atoms with Crippen LogP contribution >= 0.6 is 0 Å². The molecule has 6 heteroatoms. The van der Waals surface area contributed by atoms with E-state index in [1.54, 1.807) is 30.2 Å². The Morgan fingerprint density at radius 2 is 2.00 bits per heavy atom. The molecule has 23 heavy (non-hydrogen) atoms. The Balaban J connectivity index is 2.27. The lowest BCUT2D eigenvalue weighted by Crippen LogP contribution is -2.30. The van der Waals surface area contributed by atoms with E-state index < -0.39 is 11.9 Å². The smallest absolute Gasteiger partial charge is 0.308 e. The molecule has 0 aliphatic carbocycles. The lowest BCUT2D eigenvalue weighted by Gasteiger charge is -2.20. The number of ether oxygens (including phenoxy) is 2. The van der Waals surface area contributed by atoms with E-state index in [1.165, 1.54) is 0 Å². The maximum Gasteiger partial charge on any atom is 0.308 e. The van der Waals surface area contributed by atoms with Gasteiger partial charge in [0.15, 0.2) is 0 Å². The largest absolute Gasteiger partial charge is 0.497 e. The first-order valence-corrected chi connectivity index (χ1v) is 7.70. The number of nitrogens with zero attached hydrogens (tertiary/aromatic N) is 1. The SMILES string of the molecule is COc1ccc(C(=O)N2C[C@@H](C)[C@H](C(=O)O)C2)c(OC(C)C)c1. The van der Waals surface area contributed by atoms with Crippen LogP contribution in [0.4, 0.5) is 0 Å². The number of methoxy groups -OCH3 is 1. The zero-order chi connectivity index (χ0) is 17.1. The monoisotopic (exact) mass is 321 g/mol. The normalized spacial score (nSPS) is 20.7. The van der Waals surface area contributed by atoms with E-state index in [4.69, 9.17) is 9.47 Å². The molecule has 6 nitrogen and oxygen atoms in total. The Morgan fingerprint density at radius 1 is 1.30 bits per heavy atom. The molecule has 1 aromatic carbocycles. The van der Waals surface area contributed by atoms with E-state index in [0.29, 0.717) is 23.6 Å². The second kappa shape index (κ2) is 6.89. The van der Waals surface area contributed by atoms with Crippen LogP contribution in [0, 0.1) is 11.8 Å². The summed E-state index contributed by atoms with van der Waals surface area (Å²) in [4.78, 5) is 25.6. The quantitative estimate of drug-likeness (QED) is 0.900. The summed E-state index contributed by atoms with van der Waals surface area (Å²) in [6.45, 7) is 6.27. The van der Waals surface area contributed by atoms with Crippen LogP contribution in [0.5, 0.6) is 11.5 Å². The number of hydrogen-bond donors (Lipinski definition) is 1. The number of carboxylic acids is 1. The van der Waals surface area contributed by atoms with Crippen LogP contribution in [-0.4, -0.2) is 48.2 Å². The van der Waals surface area contributed by atoms with Gasteiger partial charge in [0.25, 0.3) is 5.91 Å². The van der Waals surface area contributed by atoms with Crippen molar-refractivity contribution in [3.8, 4) is 11.5 Å². The van der Waals surface area contributed by atoms with Crippen molar-refractivity contribution in [2.24, 2.45) is 11.8 Å². The fourth-order valence-corrected chi connectivity index (χ4v) is 2.78. The molecule has 2 atom stereocenters. The number of carbonyl (C=O) groups is 2. The summed E-state index contributed by atoms with van der Waals surface area (Å²) >= 11 is 0. The lowest BCUT2D eigenvalue weighted by molar-refractivity contribution is -0.142. The van der Waals surface area contributed by atoms with E-state index in [1.807, 2.05) is 20.8 Å². The zero-order valence-corrected chi connectivity index (χ0v) is 13.9. The molecule has 2 rings (SSSR count). The van der Waals surface area contributed by atoms with Gasteiger partial charge in [-0.1, -0.05) is 6.92 Å². The first kappa shape index (κ1) is 17.1. The molecule has 1 N–H and O–H groups in total. The molecule has 126 valence electrons. The fraction of sp³-hybridized carbons (Fsp3) is 0.529. The summed E-state index contributed by atoms with van der Waals surface area (Å²) in [5, 5.41) is 9.22. The highest BCUT2D eigenvalue weighted by Crippen LogP contribution is 2.30. The minimum atomic E-state index is -0.860. The molecular formula is C17H23NO5. The van der Waals surface area contributed by atoms with Crippen molar-refractivity contribution in [3.05, 3.63) is 23.8 Å². The maximum absolute atomic E-state index is 12.8. The number of amides is 1. The number of likely N-dealkylation sites (tertiary alicyclic amines) is 1. The van der Waals surface area contributed by atoms with Gasteiger partial charge in [0.1, 0.15) is 11.5 Å². The topological polar surface area (TPSA) is 76.1 Å². The molecule has 1 aliphatic rings. The van der Waals surface area contributed by atoms with E-state index in [-0.39, 0.29) is 24.5 Å². The van der Waals surface area contributed by atoms with Gasteiger partial charge < -0.3 is 19.5 Å². The summed E-state index contributed by atoms with van der Waals surface area (Å²) in [6.07, 6.45) is -0.0853. The standard InChI is InChI=1S/C17H23NO5/c1-10(2)23-15-7-12(22-4)5-6-13(15)16(19)18-8-11(3)14(9-18)17(20)21/h5-7,10-11,14H,8-9H2,1-4H3,(H,20,21)/t11-,14-/m1/s1. The second-order valence-corrected chi connectivity index (χ2v) is 6.16. The van der Waals surface area contributed by atoms with Crippen LogP contribution in [-0.2, 0) is 4.79 Å². The van der Waals surface area contributed by atoms with Crippen LogP contribution in [0.25, 0.3) is 0 Å². The summed E-state index contributed by atoms with van der Waals surface area (Å²) in [6, 6.07) is 5.05. The van der Waals surface area contributed by atoms with Gasteiger partial charge in [-0.05, 0) is 31.9 Å². The van der Waals surface area contributed by atoms with Gasteiger partial charge in [-0.25, -0.2) is 0 Å². The third kappa shape index (κ3) is 3.75. The molecule has 0 saturated carbocycles. The average molecular weight is 321 g/mol. The minimum Gasteiger partial charge on any atom is -0.497 e. The molecule has 1 aromatic rings. The van der Waals surface area contributed by atoms with Crippen LogP contribution in [0.15, 0.2) is 18.2 Å². The summed E-state index contributed by atoms with van der Waals surface area (Å²) in [5.41, 5.74) is 0.428. The first-order chi connectivity index (χ1) is 10.8. The van der Waals surface area contributed by atoms with E-state index in [9.17, 15) is 14.7 Å². The van der Waals surface area contributed by atoms with Gasteiger partial charge in [-0.3, -0.25) is 9.59 Å². The van der Waals surface area contributed by atoms with Crippen LogP contribution in [0.1, 0.15) is 31.1 Å². The highest BCUT2D eigenvalue weighted by Gasteiger charge is 2.37. The Morgan fingerprint density at radius 3 is 2.52 bits per heavy atom. The van der Waals surface area contributed by atoms with Crippen molar-refractivity contribution in [1.29, 1.82) is 0 Å². The van der Waals surface area contributed by atoms with Crippen molar-refractivity contribution in [1.82, 2.24) is 4.90 Å². The Hall–Kier alpha value is -2.24. The molecule has 0 bridgehead atoms. The Kier molecular flexibility index (Phi) is 5.13. The molecule has 0 radical (unpaired) electrons. The predicted octanol–water partition coefficient (Wildman–Crippen LogP) is 2.28. The molecule has 1 heterocycles. The average Bonchev–Trinajstić information content (AvgIpc) is 2.88. The molecule has 1 saturated heterocycles. The van der Waals surface area contributed by atoms with Gasteiger partial charge >= 0.3 is 5.97 Å².